The summed E-state index contributed by atoms with van der Waals surface area (Å²) in [4.78, 5) is 22.3. The molecular formula is C18H24N4O. The third-order valence-electron chi connectivity index (χ3n) is 5.62. The Hall–Kier alpha value is -1.88. The molecular weight excluding hydrogens is 288 g/mol. The van der Waals surface area contributed by atoms with Crippen molar-refractivity contribution < 1.29 is 4.79 Å². The van der Waals surface area contributed by atoms with E-state index in [1.807, 2.05) is 17.2 Å². The molecule has 0 bridgehead atoms. The molecule has 2 aromatic rings. The predicted octanol–water partition coefficient (Wildman–Crippen LogP) is 2.40. The first-order valence-electron chi connectivity index (χ1n) is 8.70. The van der Waals surface area contributed by atoms with Crippen LogP contribution in [0.5, 0.6) is 0 Å². The molecule has 0 aromatic carbocycles. The van der Waals surface area contributed by atoms with E-state index in [2.05, 4.69) is 22.2 Å². The second kappa shape index (κ2) is 5.96. The Balaban J connectivity index is 1.44. The molecule has 1 aliphatic heterocycles. The Morgan fingerprint density at radius 2 is 2.09 bits per heavy atom. The van der Waals surface area contributed by atoms with Crippen LogP contribution >= 0.6 is 0 Å². The standard InChI is InChI=1S/C18H24N4O/c19-16-5-1-3-14(16)18(23)22-9-6-12(7-10-22)15-11-21-17-13(15)4-2-8-20-17/h2,4,8,11-12,14,16H,1,3,5-7,9-10,19H2,(H,20,21)/t14-,16+/m1/s1. The third-order valence-corrected chi connectivity index (χ3v) is 5.62. The molecule has 4 rings (SSSR count). The van der Waals surface area contributed by atoms with Crippen molar-refractivity contribution in [3.8, 4) is 0 Å². The van der Waals surface area contributed by atoms with Gasteiger partial charge in [-0.3, -0.25) is 4.79 Å². The predicted molar refractivity (Wildman–Crippen MR) is 90.0 cm³/mol. The number of nitrogens with two attached hydrogens (primary N) is 1. The minimum Gasteiger partial charge on any atom is -0.346 e. The van der Waals surface area contributed by atoms with Crippen LogP contribution in [0.2, 0.25) is 0 Å². The molecule has 1 saturated heterocycles. The van der Waals surface area contributed by atoms with Crippen molar-refractivity contribution in [1.82, 2.24) is 14.9 Å². The van der Waals surface area contributed by atoms with Crippen LogP contribution in [0, 0.1) is 5.92 Å². The number of hydrogen-bond acceptors (Lipinski definition) is 3. The molecule has 3 N–H and O–H groups in total. The SMILES string of the molecule is N[C@H]1CCC[C@H]1C(=O)N1CCC(c2c[nH]c3ncccc23)CC1. The number of piperidine rings is 1. The van der Waals surface area contributed by atoms with Gasteiger partial charge in [-0.15, -0.1) is 0 Å². The minimum absolute atomic E-state index is 0.0591. The lowest BCUT2D eigenvalue weighted by Gasteiger charge is -2.34. The lowest BCUT2D eigenvalue weighted by atomic mass is 9.88. The van der Waals surface area contributed by atoms with Crippen molar-refractivity contribution >= 4 is 16.9 Å². The van der Waals surface area contributed by atoms with Gasteiger partial charge in [0.2, 0.25) is 5.91 Å². The van der Waals surface area contributed by atoms with Crippen LogP contribution in [0.15, 0.2) is 24.5 Å². The van der Waals surface area contributed by atoms with Crippen LogP contribution in [0.25, 0.3) is 11.0 Å². The number of carbonyl (C=O) groups is 1. The number of fused-ring (bicyclic) bond motifs is 1. The van der Waals surface area contributed by atoms with Crippen LogP contribution in [0.3, 0.4) is 0 Å². The highest BCUT2D eigenvalue weighted by Gasteiger charge is 2.35. The van der Waals surface area contributed by atoms with E-state index in [9.17, 15) is 4.79 Å². The van der Waals surface area contributed by atoms with Crippen molar-refractivity contribution in [3.05, 3.63) is 30.1 Å². The monoisotopic (exact) mass is 312 g/mol. The molecule has 2 aromatic heterocycles. The summed E-state index contributed by atoms with van der Waals surface area (Å²) in [5, 5.41) is 1.22. The normalized spacial score (nSPS) is 26.0. The fraction of sp³-hybridized carbons (Fsp3) is 0.556. The molecule has 3 heterocycles. The van der Waals surface area contributed by atoms with E-state index in [1.54, 1.807) is 0 Å². The van der Waals surface area contributed by atoms with Gasteiger partial charge in [-0.25, -0.2) is 4.98 Å². The number of aromatic amines is 1. The van der Waals surface area contributed by atoms with E-state index in [0.29, 0.717) is 5.92 Å². The number of aromatic nitrogens is 2. The van der Waals surface area contributed by atoms with E-state index in [-0.39, 0.29) is 17.9 Å². The molecule has 0 unspecified atom stereocenters. The van der Waals surface area contributed by atoms with Gasteiger partial charge < -0.3 is 15.6 Å². The van der Waals surface area contributed by atoms with Gasteiger partial charge >= 0.3 is 0 Å². The Morgan fingerprint density at radius 3 is 2.83 bits per heavy atom. The number of nitrogens with zero attached hydrogens (tertiary/aromatic N) is 2. The molecule has 1 amide bonds. The van der Waals surface area contributed by atoms with Crippen molar-refractivity contribution in [1.29, 1.82) is 0 Å². The molecule has 122 valence electrons. The zero-order chi connectivity index (χ0) is 15.8. The summed E-state index contributed by atoms with van der Waals surface area (Å²) >= 11 is 0. The van der Waals surface area contributed by atoms with Gasteiger partial charge in [0.25, 0.3) is 0 Å². The van der Waals surface area contributed by atoms with Gasteiger partial charge in [-0.05, 0) is 49.3 Å². The smallest absolute Gasteiger partial charge is 0.227 e. The molecule has 0 spiro atoms. The van der Waals surface area contributed by atoms with Crippen LogP contribution in [-0.4, -0.2) is 39.9 Å². The summed E-state index contributed by atoms with van der Waals surface area (Å²) in [6.45, 7) is 1.69. The van der Waals surface area contributed by atoms with E-state index >= 15 is 0 Å². The third kappa shape index (κ3) is 2.63. The molecule has 1 aliphatic carbocycles. The van der Waals surface area contributed by atoms with Crippen LogP contribution in [-0.2, 0) is 4.79 Å². The van der Waals surface area contributed by atoms with E-state index < -0.39 is 0 Å². The molecule has 1 saturated carbocycles. The van der Waals surface area contributed by atoms with E-state index in [4.69, 9.17) is 5.73 Å². The number of hydrogen-bond donors (Lipinski definition) is 2. The molecule has 2 aliphatic rings. The van der Waals surface area contributed by atoms with Gasteiger partial charge in [-0.2, -0.15) is 0 Å². The number of amides is 1. The molecule has 2 fully saturated rings. The number of H-pyrrole nitrogens is 1. The maximum absolute atomic E-state index is 12.6. The highest BCUT2D eigenvalue weighted by Crippen LogP contribution is 2.34. The summed E-state index contributed by atoms with van der Waals surface area (Å²) in [6, 6.07) is 4.18. The second-order valence-corrected chi connectivity index (χ2v) is 6.94. The van der Waals surface area contributed by atoms with Crippen LogP contribution < -0.4 is 5.73 Å². The second-order valence-electron chi connectivity index (χ2n) is 6.94. The lowest BCUT2D eigenvalue weighted by molar-refractivity contribution is -0.136. The Kier molecular flexibility index (Phi) is 3.81. The zero-order valence-corrected chi connectivity index (χ0v) is 13.4. The summed E-state index contributed by atoms with van der Waals surface area (Å²) in [5.74, 6) is 0.854. The van der Waals surface area contributed by atoms with Gasteiger partial charge in [0.1, 0.15) is 5.65 Å². The fourth-order valence-electron chi connectivity index (χ4n) is 4.26. The highest BCUT2D eigenvalue weighted by atomic mass is 16.2. The minimum atomic E-state index is 0.0591. The van der Waals surface area contributed by atoms with Crippen LogP contribution in [0.4, 0.5) is 0 Å². The first-order chi connectivity index (χ1) is 11.2. The van der Waals surface area contributed by atoms with Crippen molar-refractivity contribution in [3.63, 3.8) is 0 Å². The first-order valence-corrected chi connectivity index (χ1v) is 8.70. The molecule has 23 heavy (non-hydrogen) atoms. The average Bonchev–Trinajstić information content (AvgIpc) is 3.20. The maximum Gasteiger partial charge on any atom is 0.227 e. The number of carbonyl (C=O) groups excluding carboxylic acids is 1. The van der Waals surface area contributed by atoms with Gasteiger partial charge in [0.15, 0.2) is 0 Å². The molecule has 5 heteroatoms. The van der Waals surface area contributed by atoms with E-state index in [1.165, 1.54) is 10.9 Å². The first kappa shape index (κ1) is 14.7. The fourth-order valence-corrected chi connectivity index (χ4v) is 4.26. The number of nitrogens with one attached hydrogen (secondary N) is 1. The van der Waals surface area contributed by atoms with E-state index in [0.717, 1.165) is 50.8 Å². The lowest BCUT2D eigenvalue weighted by Crippen LogP contribution is -2.45. The average molecular weight is 312 g/mol. The zero-order valence-electron chi connectivity index (χ0n) is 13.4. The maximum atomic E-state index is 12.6. The summed E-state index contributed by atoms with van der Waals surface area (Å²) in [5.41, 5.74) is 8.40. The summed E-state index contributed by atoms with van der Waals surface area (Å²) in [6.07, 6.45) is 9.01. The number of rotatable bonds is 2. The molecule has 5 nitrogen and oxygen atoms in total. The van der Waals surface area contributed by atoms with Gasteiger partial charge in [0.05, 0.1) is 5.92 Å². The number of likely N-dealkylation sites (tertiary alicyclic amines) is 1. The topological polar surface area (TPSA) is 75.0 Å². The van der Waals surface area contributed by atoms with Gasteiger partial charge in [-0.1, -0.05) is 6.42 Å². The van der Waals surface area contributed by atoms with Gasteiger partial charge in [0, 0.05) is 36.9 Å². The van der Waals surface area contributed by atoms with Crippen molar-refractivity contribution in [2.24, 2.45) is 11.7 Å². The Morgan fingerprint density at radius 1 is 1.26 bits per heavy atom. The molecule has 2 atom stereocenters. The number of pyridine rings is 1. The van der Waals surface area contributed by atoms with Crippen molar-refractivity contribution in [2.45, 2.75) is 44.1 Å². The van der Waals surface area contributed by atoms with Crippen LogP contribution in [0.1, 0.15) is 43.6 Å². The molecule has 0 radical (unpaired) electrons. The Labute approximate surface area is 136 Å². The van der Waals surface area contributed by atoms with Crippen molar-refractivity contribution in [2.75, 3.05) is 13.1 Å². The highest BCUT2D eigenvalue weighted by molar-refractivity contribution is 5.81. The summed E-state index contributed by atoms with van der Waals surface area (Å²) < 4.78 is 0. The Bertz CT molecular complexity index is 702. The largest absolute Gasteiger partial charge is 0.346 e. The summed E-state index contributed by atoms with van der Waals surface area (Å²) in [7, 11) is 0. The quantitative estimate of drug-likeness (QED) is 0.894.